The van der Waals surface area contributed by atoms with Gasteiger partial charge in [0.05, 0.1) is 24.9 Å². The van der Waals surface area contributed by atoms with Crippen LogP contribution in [0, 0.1) is 11.8 Å². The third-order valence-corrected chi connectivity index (χ3v) is 8.16. The molecule has 1 saturated heterocycles. The van der Waals surface area contributed by atoms with Gasteiger partial charge in [-0.2, -0.15) is 0 Å². The Bertz CT molecular complexity index is 880. The third kappa shape index (κ3) is 11.0. The molecule has 40 heavy (non-hydrogen) atoms. The highest BCUT2D eigenvalue weighted by Gasteiger charge is 2.43. The van der Waals surface area contributed by atoms with Crippen molar-refractivity contribution in [2.45, 2.75) is 121 Å². The van der Waals surface area contributed by atoms with Crippen LogP contribution in [-0.2, 0) is 23.7 Å². The first kappa shape index (κ1) is 32.3. The molecule has 0 bridgehead atoms. The molecule has 2 fully saturated rings. The monoisotopic (exact) mass is 558 g/mol. The van der Waals surface area contributed by atoms with E-state index < -0.39 is 12.2 Å². The lowest BCUT2D eigenvalue weighted by Crippen LogP contribution is -2.28. The molecule has 1 unspecified atom stereocenters. The molecule has 1 aromatic rings. The van der Waals surface area contributed by atoms with E-state index in [1.165, 1.54) is 7.11 Å². The lowest BCUT2D eigenvalue weighted by atomic mass is 9.87. The molecular formula is C33H50O7. The zero-order chi connectivity index (χ0) is 28.6. The molecule has 1 heterocycles. The predicted molar refractivity (Wildman–Crippen MR) is 155 cm³/mol. The Morgan fingerprint density at radius 3 is 2.60 bits per heavy atom. The minimum atomic E-state index is -0.542. The van der Waals surface area contributed by atoms with Crippen LogP contribution in [0.1, 0.15) is 107 Å². The molecule has 0 aromatic heterocycles. The second kappa shape index (κ2) is 18.3. The number of hydrogen-bond donors (Lipinski definition) is 1. The van der Waals surface area contributed by atoms with E-state index in [2.05, 4.69) is 19.1 Å². The van der Waals surface area contributed by atoms with Gasteiger partial charge < -0.3 is 24.1 Å². The predicted octanol–water partition coefficient (Wildman–Crippen LogP) is 6.77. The van der Waals surface area contributed by atoms with Crippen molar-refractivity contribution >= 4 is 11.9 Å². The van der Waals surface area contributed by atoms with Gasteiger partial charge in [0.15, 0.2) is 6.29 Å². The Kier molecular flexibility index (Phi) is 14.7. The highest BCUT2D eigenvalue weighted by Crippen LogP contribution is 2.39. The molecule has 0 amide bonds. The highest BCUT2D eigenvalue weighted by atomic mass is 16.7. The molecule has 2 aliphatic rings. The van der Waals surface area contributed by atoms with Crippen molar-refractivity contribution in [3.63, 3.8) is 0 Å². The van der Waals surface area contributed by atoms with E-state index >= 15 is 0 Å². The number of methoxy groups -OCH3 is 1. The fourth-order valence-electron chi connectivity index (χ4n) is 5.84. The SMILES string of the molecule is CCCCC[C@@H](C=C[C@@H]1[C@@H](CCCCCCC(=O)OC)[C@@H](O)C[C@H]1OC(=O)c1ccccc1)OC1CCCCO1. The second-order valence-corrected chi connectivity index (χ2v) is 11.2. The summed E-state index contributed by atoms with van der Waals surface area (Å²) in [6.07, 6.45) is 15.8. The molecule has 224 valence electrons. The molecule has 0 spiro atoms. The summed E-state index contributed by atoms with van der Waals surface area (Å²) in [6.45, 7) is 2.94. The molecule has 1 N–H and O–H groups in total. The summed E-state index contributed by atoms with van der Waals surface area (Å²) in [5.41, 5.74) is 0.518. The van der Waals surface area contributed by atoms with E-state index in [-0.39, 0.29) is 36.2 Å². The van der Waals surface area contributed by atoms with Crippen LogP contribution in [-0.4, -0.2) is 55.4 Å². The average Bonchev–Trinajstić information content (AvgIpc) is 3.27. The van der Waals surface area contributed by atoms with E-state index in [1.54, 1.807) is 12.1 Å². The van der Waals surface area contributed by atoms with E-state index in [4.69, 9.17) is 18.9 Å². The minimum absolute atomic E-state index is 0.00680. The Morgan fingerprint density at radius 2 is 1.88 bits per heavy atom. The molecule has 6 atom stereocenters. The lowest BCUT2D eigenvalue weighted by molar-refractivity contribution is -0.179. The summed E-state index contributed by atoms with van der Waals surface area (Å²) in [6, 6.07) is 9.04. The van der Waals surface area contributed by atoms with Crippen molar-refractivity contribution in [3.8, 4) is 0 Å². The maximum atomic E-state index is 12.9. The highest BCUT2D eigenvalue weighted by molar-refractivity contribution is 5.89. The second-order valence-electron chi connectivity index (χ2n) is 11.2. The van der Waals surface area contributed by atoms with Gasteiger partial charge in [0.1, 0.15) is 6.10 Å². The molecule has 1 saturated carbocycles. The van der Waals surface area contributed by atoms with Gasteiger partial charge in [-0.3, -0.25) is 4.79 Å². The molecule has 1 aliphatic carbocycles. The zero-order valence-electron chi connectivity index (χ0n) is 24.5. The summed E-state index contributed by atoms with van der Waals surface area (Å²) in [7, 11) is 1.42. The number of ether oxygens (including phenoxy) is 4. The minimum Gasteiger partial charge on any atom is -0.469 e. The number of carbonyl (C=O) groups is 2. The van der Waals surface area contributed by atoms with Gasteiger partial charge in [-0.25, -0.2) is 4.79 Å². The van der Waals surface area contributed by atoms with Crippen molar-refractivity contribution in [1.82, 2.24) is 0 Å². The summed E-state index contributed by atoms with van der Waals surface area (Å²) in [5, 5.41) is 11.1. The topological polar surface area (TPSA) is 91.3 Å². The molecule has 1 aliphatic heterocycles. The molecule has 0 radical (unpaired) electrons. The maximum Gasteiger partial charge on any atom is 0.338 e. The van der Waals surface area contributed by atoms with Gasteiger partial charge in [0, 0.05) is 25.4 Å². The molecular weight excluding hydrogens is 508 g/mol. The van der Waals surface area contributed by atoms with Crippen molar-refractivity contribution < 1.29 is 33.6 Å². The fraction of sp³-hybridized carbons (Fsp3) is 0.697. The summed E-state index contributed by atoms with van der Waals surface area (Å²) in [5.74, 6) is -0.630. The Hall–Kier alpha value is -2.22. The quantitative estimate of drug-likeness (QED) is 0.128. The van der Waals surface area contributed by atoms with Crippen LogP contribution < -0.4 is 0 Å². The first-order valence-corrected chi connectivity index (χ1v) is 15.5. The number of benzene rings is 1. The summed E-state index contributed by atoms with van der Waals surface area (Å²) >= 11 is 0. The number of aliphatic hydroxyl groups excluding tert-OH is 1. The van der Waals surface area contributed by atoms with Crippen molar-refractivity contribution in [2.75, 3.05) is 13.7 Å². The van der Waals surface area contributed by atoms with Crippen LogP contribution in [0.25, 0.3) is 0 Å². The van der Waals surface area contributed by atoms with Crippen molar-refractivity contribution in [1.29, 1.82) is 0 Å². The van der Waals surface area contributed by atoms with Gasteiger partial charge >= 0.3 is 11.9 Å². The van der Waals surface area contributed by atoms with Crippen LogP contribution >= 0.6 is 0 Å². The molecule has 7 nitrogen and oxygen atoms in total. The third-order valence-electron chi connectivity index (χ3n) is 8.16. The van der Waals surface area contributed by atoms with E-state index in [0.717, 1.165) is 83.7 Å². The molecule has 7 heteroatoms. The van der Waals surface area contributed by atoms with E-state index in [0.29, 0.717) is 18.4 Å². The van der Waals surface area contributed by atoms with Gasteiger partial charge in [0.25, 0.3) is 0 Å². The van der Waals surface area contributed by atoms with Crippen LogP contribution in [0.4, 0.5) is 0 Å². The van der Waals surface area contributed by atoms with Crippen LogP contribution in [0.5, 0.6) is 0 Å². The summed E-state index contributed by atoms with van der Waals surface area (Å²) in [4.78, 5) is 24.3. The average molecular weight is 559 g/mol. The number of carbonyl (C=O) groups excluding carboxylic acids is 2. The number of unbranched alkanes of at least 4 members (excludes halogenated alkanes) is 5. The fourth-order valence-corrected chi connectivity index (χ4v) is 5.84. The van der Waals surface area contributed by atoms with Crippen molar-refractivity contribution in [3.05, 3.63) is 48.0 Å². The van der Waals surface area contributed by atoms with E-state index in [9.17, 15) is 14.7 Å². The first-order valence-electron chi connectivity index (χ1n) is 15.5. The van der Waals surface area contributed by atoms with Crippen LogP contribution in [0.2, 0.25) is 0 Å². The normalized spacial score (nSPS) is 25.6. The maximum absolute atomic E-state index is 12.9. The zero-order valence-corrected chi connectivity index (χ0v) is 24.5. The standard InChI is InChI=1S/C33H50O7/c1-3-4-8-17-26(39-32-20-13-14-23-38-32)21-22-28-27(18-11-5-6-12-19-31(35)37-2)29(34)24-30(28)40-33(36)25-15-9-7-10-16-25/h7,9-10,15-16,21-22,26-30,32,34H,3-6,8,11-14,17-20,23-24H2,1-2H3/t26-,27+,28+,29-,30+,32?/m0/s1. The summed E-state index contributed by atoms with van der Waals surface area (Å²) < 4.78 is 23.0. The van der Waals surface area contributed by atoms with E-state index in [1.807, 2.05) is 18.2 Å². The first-order chi connectivity index (χ1) is 19.5. The number of aliphatic hydroxyl groups is 1. The van der Waals surface area contributed by atoms with Gasteiger partial charge in [-0.15, -0.1) is 0 Å². The molecule has 3 rings (SSSR count). The molecule has 1 aromatic carbocycles. The largest absolute Gasteiger partial charge is 0.469 e. The Morgan fingerprint density at radius 1 is 1.07 bits per heavy atom. The van der Waals surface area contributed by atoms with Gasteiger partial charge in [0.2, 0.25) is 0 Å². The number of hydrogen-bond acceptors (Lipinski definition) is 7. The van der Waals surface area contributed by atoms with Gasteiger partial charge in [-0.1, -0.05) is 75.8 Å². The van der Waals surface area contributed by atoms with Crippen molar-refractivity contribution in [2.24, 2.45) is 11.8 Å². The number of rotatable bonds is 17. The van der Waals surface area contributed by atoms with Crippen LogP contribution in [0.15, 0.2) is 42.5 Å². The van der Waals surface area contributed by atoms with Gasteiger partial charge in [-0.05, 0) is 56.6 Å². The number of esters is 2. The Labute approximate surface area is 240 Å². The smallest absolute Gasteiger partial charge is 0.338 e. The lowest BCUT2D eigenvalue weighted by Gasteiger charge is -2.27. The Balaban J connectivity index is 1.68. The van der Waals surface area contributed by atoms with Crippen LogP contribution in [0.3, 0.4) is 0 Å².